The van der Waals surface area contributed by atoms with E-state index in [1.807, 2.05) is 12.1 Å². The van der Waals surface area contributed by atoms with Crippen LogP contribution >= 0.6 is 22.6 Å². The van der Waals surface area contributed by atoms with Gasteiger partial charge in [-0.1, -0.05) is 30.3 Å². The average molecular weight is 677 g/mol. The summed E-state index contributed by atoms with van der Waals surface area (Å²) < 4.78 is 19.8. The van der Waals surface area contributed by atoms with Crippen LogP contribution in [0.15, 0.2) is 72.3 Å². The number of halogens is 2. The van der Waals surface area contributed by atoms with Crippen molar-refractivity contribution in [2.75, 3.05) is 4.90 Å². The molecule has 4 saturated carbocycles. The van der Waals surface area contributed by atoms with Crippen molar-refractivity contribution in [2.45, 2.75) is 50.5 Å². The van der Waals surface area contributed by atoms with Crippen molar-refractivity contribution in [3.63, 3.8) is 0 Å². The first kappa shape index (κ1) is 27.3. The smallest absolute Gasteiger partial charge is 0.335 e. The number of hydrogen-bond acceptors (Lipinski definition) is 4. The maximum Gasteiger partial charge on any atom is 0.335 e. The van der Waals surface area contributed by atoms with E-state index in [-0.39, 0.29) is 23.4 Å². The van der Waals surface area contributed by atoms with Crippen LogP contribution in [-0.4, -0.2) is 17.8 Å². The van der Waals surface area contributed by atoms with Crippen LogP contribution in [0.25, 0.3) is 6.08 Å². The molecular formula is C34H30FIN2O4. The fraction of sp³-hybridized carbons (Fsp3) is 0.324. The number of carbonyl (C=O) groups excluding carboxylic acids is 3. The van der Waals surface area contributed by atoms with Crippen LogP contribution in [0.1, 0.15) is 55.2 Å². The summed E-state index contributed by atoms with van der Waals surface area (Å²) in [6.45, 7) is 0.274. The highest BCUT2D eigenvalue weighted by Gasteiger charge is 2.51. The lowest BCUT2D eigenvalue weighted by Gasteiger charge is -2.57. The molecule has 8 rings (SSSR count). The van der Waals surface area contributed by atoms with Gasteiger partial charge in [-0.15, -0.1) is 0 Å². The molecule has 6 nitrogen and oxygen atoms in total. The number of barbiturate groups is 1. The lowest BCUT2D eigenvalue weighted by molar-refractivity contribution is -0.122. The molecule has 42 heavy (non-hydrogen) atoms. The zero-order valence-corrected chi connectivity index (χ0v) is 25.1. The summed E-state index contributed by atoms with van der Waals surface area (Å²) in [6.07, 6.45) is 9.30. The Balaban J connectivity index is 1.09. The molecular weight excluding hydrogens is 646 g/mol. The van der Waals surface area contributed by atoms with E-state index in [9.17, 15) is 18.8 Å². The van der Waals surface area contributed by atoms with Gasteiger partial charge >= 0.3 is 6.03 Å². The summed E-state index contributed by atoms with van der Waals surface area (Å²) in [7, 11) is 0. The first-order chi connectivity index (χ1) is 20.3. The Bertz CT molecular complexity index is 1580. The number of benzene rings is 3. The van der Waals surface area contributed by atoms with E-state index in [1.165, 1.54) is 62.3 Å². The molecule has 0 atom stereocenters. The largest absolute Gasteiger partial charge is 0.488 e. The number of rotatable bonds is 6. The van der Waals surface area contributed by atoms with Crippen molar-refractivity contribution >= 4 is 52.2 Å². The van der Waals surface area contributed by atoms with Gasteiger partial charge in [0.1, 0.15) is 23.7 Å². The van der Waals surface area contributed by atoms with Crippen molar-refractivity contribution in [1.29, 1.82) is 0 Å². The molecule has 1 saturated heterocycles. The van der Waals surface area contributed by atoms with Crippen LogP contribution in [0, 0.1) is 27.1 Å². The highest BCUT2D eigenvalue weighted by atomic mass is 127. The third-order valence-electron chi connectivity index (χ3n) is 9.45. The molecule has 4 aliphatic carbocycles. The molecule has 0 spiro atoms. The summed E-state index contributed by atoms with van der Waals surface area (Å²) in [5.41, 5.74) is 3.31. The van der Waals surface area contributed by atoms with Gasteiger partial charge in [-0.3, -0.25) is 14.9 Å². The number of hydrogen-bond donors (Lipinski definition) is 1. The second-order valence-electron chi connectivity index (χ2n) is 12.3. The number of imide groups is 2. The summed E-state index contributed by atoms with van der Waals surface area (Å²) >= 11 is 2.13. The number of anilines is 1. The second-order valence-corrected chi connectivity index (χ2v) is 13.5. The van der Waals surface area contributed by atoms with Crippen molar-refractivity contribution in [3.05, 3.63) is 98.4 Å². The Hall–Kier alpha value is -3.53. The van der Waals surface area contributed by atoms with Gasteiger partial charge in [-0.25, -0.2) is 14.1 Å². The van der Waals surface area contributed by atoms with E-state index in [2.05, 4.69) is 40.0 Å². The second kappa shape index (κ2) is 10.6. The topological polar surface area (TPSA) is 75.7 Å². The average Bonchev–Trinajstić information content (AvgIpc) is 2.95. The molecule has 8 heteroatoms. The Morgan fingerprint density at radius 2 is 1.55 bits per heavy atom. The standard InChI is InChI=1S/C34H30FIN2O4/c35-26-6-1-20(2-7-26)19-42-30-10-3-21(15-29(30)36)14-28-31(39)37-33(41)38(32(28)40)27-8-4-25(5-9-27)34-16-22-11-23(17-34)13-24(12-22)18-34/h1-10,14-15,22-24H,11-13,16-19H2,(H,37,39,41)/b28-14+. The molecule has 0 unspecified atom stereocenters. The maximum atomic E-state index is 13.5. The first-order valence-electron chi connectivity index (χ1n) is 14.5. The minimum atomic E-state index is -0.746. The number of nitrogens with zero attached hydrogens (tertiary/aromatic N) is 1. The van der Waals surface area contributed by atoms with Crippen LogP contribution in [0.5, 0.6) is 5.75 Å². The van der Waals surface area contributed by atoms with Gasteiger partial charge in [0.25, 0.3) is 11.8 Å². The molecule has 3 aromatic rings. The predicted molar refractivity (Wildman–Crippen MR) is 165 cm³/mol. The van der Waals surface area contributed by atoms with Crippen molar-refractivity contribution < 1.29 is 23.5 Å². The quantitative estimate of drug-likeness (QED) is 0.171. The zero-order chi connectivity index (χ0) is 29.0. The van der Waals surface area contributed by atoms with Gasteiger partial charge in [-0.2, -0.15) is 0 Å². The molecule has 0 aromatic heterocycles. The van der Waals surface area contributed by atoms with E-state index < -0.39 is 17.8 Å². The third kappa shape index (κ3) is 5.03. The van der Waals surface area contributed by atoms with Gasteiger partial charge in [0.15, 0.2) is 0 Å². The van der Waals surface area contributed by atoms with E-state index in [0.29, 0.717) is 17.0 Å². The molecule has 3 aromatic carbocycles. The lowest BCUT2D eigenvalue weighted by Crippen LogP contribution is -2.54. The van der Waals surface area contributed by atoms with Crippen molar-refractivity contribution in [1.82, 2.24) is 5.32 Å². The molecule has 4 bridgehead atoms. The van der Waals surface area contributed by atoms with E-state index in [0.717, 1.165) is 31.8 Å². The summed E-state index contributed by atoms with van der Waals surface area (Å²) in [5, 5.41) is 2.33. The van der Waals surface area contributed by atoms with E-state index in [1.54, 1.807) is 30.3 Å². The van der Waals surface area contributed by atoms with Crippen molar-refractivity contribution in [3.8, 4) is 5.75 Å². The normalized spacial score (nSPS) is 27.5. The third-order valence-corrected chi connectivity index (χ3v) is 10.3. The molecule has 0 radical (unpaired) electrons. The fourth-order valence-corrected chi connectivity index (χ4v) is 8.65. The molecule has 5 fully saturated rings. The number of nitrogens with one attached hydrogen (secondary N) is 1. The molecule has 1 heterocycles. The number of amides is 4. The first-order valence-corrected chi connectivity index (χ1v) is 15.5. The summed E-state index contributed by atoms with van der Waals surface area (Å²) in [4.78, 5) is 40.1. The Morgan fingerprint density at radius 1 is 0.905 bits per heavy atom. The maximum absolute atomic E-state index is 13.5. The van der Waals surface area contributed by atoms with E-state index in [4.69, 9.17) is 4.74 Å². The van der Waals surface area contributed by atoms with Gasteiger partial charge in [-0.05, 0) is 143 Å². The van der Waals surface area contributed by atoms with Crippen LogP contribution in [0.2, 0.25) is 0 Å². The van der Waals surface area contributed by atoms with Gasteiger partial charge in [0, 0.05) is 0 Å². The van der Waals surface area contributed by atoms with Gasteiger partial charge in [0.2, 0.25) is 0 Å². The highest BCUT2D eigenvalue weighted by molar-refractivity contribution is 14.1. The number of ether oxygens (including phenoxy) is 1. The fourth-order valence-electron chi connectivity index (χ4n) is 7.95. The molecule has 214 valence electrons. The molecule has 1 N–H and O–H groups in total. The predicted octanol–water partition coefficient (Wildman–Crippen LogP) is 7.14. The van der Waals surface area contributed by atoms with Crippen LogP contribution < -0.4 is 15.0 Å². The lowest BCUT2D eigenvalue weighted by atomic mass is 9.48. The van der Waals surface area contributed by atoms with Gasteiger partial charge < -0.3 is 4.74 Å². The van der Waals surface area contributed by atoms with E-state index >= 15 is 0 Å². The molecule has 4 amide bonds. The summed E-state index contributed by atoms with van der Waals surface area (Å²) in [5.74, 6) is 1.41. The Kier molecular flexibility index (Phi) is 6.91. The highest BCUT2D eigenvalue weighted by Crippen LogP contribution is 2.60. The summed E-state index contributed by atoms with van der Waals surface area (Å²) in [6, 6.07) is 18.5. The minimum Gasteiger partial charge on any atom is -0.488 e. The van der Waals surface area contributed by atoms with Crippen LogP contribution in [0.3, 0.4) is 0 Å². The number of carbonyl (C=O) groups is 3. The SMILES string of the molecule is O=C1NC(=O)N(c2ccc(C34CC5CC(CC(C5)C3)C4)cc2)C(=O)/C1=C/c1ccc(OCc2ccc(F)cc2)c(I)c1. The monoisotopic (exact) mass is 676 g/mol. The Labute approximate surface area is 257 Å². The molecule has 5 aliphatic rings. The van der Waals surface area contributed by atoms with Crippen LogP contribution in [0.4, 0.5) is 14.9 Å². The zero-order valence-electron chi connectivity index (χ0n) is 22.9. The molecule has 1 aliphatic heterocycles. The number of urea groups is 1. The van der Waals surface area contributed by atoms with Crippen molar-refractivity contribution in [2.24, 2.45) is 17.8 Å². The Morgan fingerprint density at radius 3 is 2.17 bits per heavy atom. The van der Waals surface area contributed by atoms with Crippen LogP contribution in [-0.2, 0) is 21.6 Å². The minimum absolute atomic E-state index is 0.115. The van der Waals surface area contributed by atoms with Gasteiger partial charge in [0.05, 0.1) is 9.26 Å².